The fraction of sp³-hybridized carbons (Fsp3) is 0.233. The number of hydrogen-bond donors (Lipinski definition) is 2. The standard InChI is InChI=1S/C30H30N4O8S/c1-20(2)27(30(37)42-19-23-13-15-24(16-14-23)34(38)39)33-28(36)26(32-25(35)17-21-9-5-3-6-10-21)29(33)43(40,41)31-18-22-11-7-4-8-12-22/h3-16,26,29,31H,17-19H2,1-2H3,(H,32,35). The molecule has 0 bridgehead atoms. The van der Waals surface area contributed by atoms with Gasteiger partial charge in [0.05, 0.1) is 11.3 Å². The summed E-state index contributed by atoms with van der Waals surface area (Å²) in [5, 5.41) is 11.8. The summed E-state index contributed by atoms with van der Waals surface area (Å²) in [6.45, 7) is 2.69. The first kappa shape index (κ1) is 31.1. The number of likely N-dealkylation sites (tertiary alicyclic amines) is 1. The van der Waals surface area contributed by atoms with Gasteiger partial charge >= 0.3 is 5.97 Å². The van der Waals surface area contributed by atoms with Crippen LogP contribution in [0.1, 0.15) is 30.5 Å². The number of nitrogens with one attached hydrogen (secondary N) is 2. The minimum absolute atomic E-state index is 0.0817. The third-order valence-corrected chi connectivity index (χ3v) is 8.30. The lowest BCUT2D eigenvalue weighted by atomic mass is 10.0. The summed E-state index contributed by atoms with van der Waals surface area (Å²) in [6.07, 6.45) is -0.0817. The molecule has 0 aromatic heterocycles. The molecule has 13 heteroatoms. The third kappa shape index (κ3) is 7.50. The Morgan fingerprint density at radius 1 is 0.907 bits per heavy atom. The van der Waals surface area contributed by atoms with Gasteiger partial charge in [-0.25, -0.2) is 17.9 Å². The van der Waals surface area contributed by atoms with Gasteiger partial charge in [-0.2, -0.15) is 0 Å². The lowest BCUT2D eigenvalue weighted by molar-refractivity contribution is -0.384. The van der Waals surface area contributed by atoms with E-state index in [-0.39, 0.29) is 31.0 Å². The number of ether oxygens (including phenoxy) is 1. The molecule has 3 aromatic carbocycles. The normalized spacial score (nSPS) is 16.1. The van der Waals surface area contributed by atoms with Gasteiger partial charge in [0, 0.05) is 18.7 Å². The molecule has 2 unspecified atom stereocenters. The molecule has 0 spiro atoms. The second-order valence-corrected chi connectivity index (χ2v) is 11.9. The molecule has 0 radical (unpaired) electrons. The van der Waals surface area contributed by atoms with Gasteiger partial charge in [-0.05, 0) is 48.2 Å². The molecule has 0 aliphatic carbocycles. The zero-order valence-electron chi connectivity index (χ0n) is 23.4. The maximum absolute atomic E-state index is 13.6. The van der Waals surface area contributed by atoms with E-state index in [1.54, 1.807) is 60.7 Å². The van der Waals surface area contributed by atoms with Gasteiger partial charge in [0.2, 0.25) is 15.9 Å². The number of rotatable bonds is 12. The first-order valence-corrected chi connectivity index (χ1v) is 14.8. The third-order valence-electron chi connectivity index (χ3n) is 6.63. The van der Waals surface area contributed by atoms with Crippen LogP contribution >= 0.6 is 0 Å². The average Bonchev–Trinajstić information content (AvgIpc) is 2.99. The fourth-order valence-corrected chi connectivity index (χ4v) is 6.07. The Morgan fingerprint density at radius 3 is 2.05 bits per heavy atom. The van der Waals surface area contributed by atoms with Crippen molar-refractivity contribution < 1.29 is 32.5 Å². The maximum Gasteiger partial charge on any atom is 0.355 e. The van der Waals surface area contributed by atoms with Crippen molar-refractivity contribution in [2.75, 3.05) is 0 Å². The largest absolute Gasteiger partial charge is 0.456 e. The highest BCUT2D eigenvalue weighted by atomic mass is 32.2. The van der Waals surface area contributed by atoms with E-state index in [9.17, 15) is 32.9 Å². The summed E-state index contributed by atoms with van der Waals surface area (Å²) in [4.78, 5) is 50.7. The molecule has 1 saturated heterocycles. The number of carbonyl (C=O) groups excluding carboxylic acids is 3. The molecule has 1 aliphatic heterocycles. The van der Waals surface area contributed by atoms with Crippen molar-refractivity contribution in [3.05, 3.63) is 123 Å². The topological polar surface area (TPSA) is 165 Å². The zero-order chi connectivity index (χ0) is 31.1. The second kappa shape index (κ2) is 13.4. The number of carbonyl (C=O) groups is 3. The Balaban J connectivity index is 1.56. The molecule has 1 heterocycles. The summed E-state index contributed by atoms with van der Waals surface area (Å²) >= 11 is 0. The molecular weight excluding hydrogens is 576 g/mol. The van der Waals surface area contributed by atoms with E-state index in [1.165, 1.54) is 38.1 Å². The quantitative estimate of drug-likeness (QED) is 0.104. The predicted molar refractivity (Wildman–Crippen MR) is 156 cm³/mol. The number of benzene rings is 3. The summed E-state index contributed by atoms with van der Waals surface area (Å²) in [7, 11) is -4.33. The number of allylic oxidation sites excluding steroid dienone is 1. The van der Waals surface area contributed by atoms with Crippen molar-refractivity contribution in [3.63, 3.8) is 0 Å². The number of hydrogen-bond acceptors (Lipinski definition) is 8. The zero-order valence-corrected chi connectivity index (χ0v) is 24.2. The summed E-state index contributed by atoms with van der Waals surface area (Å²) < 4.78 is 35.1. The molecule has 3 aromatic rings. The Bertz CT molecular complexity index is 1640. The van der Waals surface area contributed by atoms with Gasteiger partial charge in [-0.1, -0.05) is 60.7 Å². The van der Waals surface area contributed by atoms with Crippen LogP contribution in [-0.2, 0) is 48.7 Å². The molecular formula is C30H30N4O8S. The maximum atomic E-state index is 13.6. The second-order valence-electron chi connectivity index (χ2n) is 10.0. The number of β-lactam (4-membered cyclic amide) rings is 1. The van der Waals surface area contributed by atoms with Crippen LogP contribution in [0.5, 0.6) is 0 Å². The molecule has 1 fully saturated rings. The van der Waals surface area contributed by atoms with Gasteiger partial charge in [0.15, 0.2) is 5.37 Å². The van der Waals surface area contributed by atoms with Gasteiger partial charge in [0.1, 0.15) is 18.3 Å². The predicted octanol–water partition coefficient (Wildman–Crippen LogP) is 2.95. The minimum Gasteiger partial charge on any atom is -0.456 e. The van der Waals surface area contributed by atoms with Crippen LogP contribution in [0.2, 0.25) is 0 Å². The number of nitrogens with zero attached hydrogens (tertiary/aromatic N) is 2. The Labute approximate surface area is 248 Å². The molecule has 0 saturated carbocycles. The van der Waals surface area contributed by atoms with Crippen molar-refractivity contribution in [1.82, 2.24) is 14.9 Å². The van der Waals surface area contributed by atoms with Crippen molar-refractivity contribution in [1.29, 1.82) is 0 Å². The monoisotopic (exact) mass is 606 g/mol. The van der Waals surface area contributed by atoms with Crippen LogP contribution in [0.15, 0.2) is 96.2 Å². The van der Waals surface area contributed by atoms with Crippen LogP contribution < -0.4 is 10.0 Å². The first-order chi connectivity index (χ1) is 20.5. The van der Waals surface area contributed by atoms with Gasteiger partial charge in [0.25, 0.3) is 11.6 Å². The highest BCUT2D eigenvalue weighted by Crippen LogP contribution is 2.32. The number of sulfonamides is 1. The molecule has 2 atom stereocenters. The average molecular weight is 607 g/mol. The van der Waals surface area contributed by atoms with Crippen molar-refractivity contribution in [3.8, 4) is 0 Å². The van der Waals surface area contributed by atoms with E-state index in [0.29, 0.717) is 22.3 Å². The minimum atomic E-state index is -4.33. The number of nitro groups is 1. The van der Waals surface area contributed by atoms with Crippen LogP contribution in [0.25, 0.3) is 0 Å². The SMILES string of the molecule is CC(C)=C(C(=O)OCc1ccc([N+](=O)[O-])cc1)N1C(=O)C(NC(=O)Cc2ccccc2)C1S(=O)(=O)NCc1ccccc1. The van der Waals surface area contributed by atoms with E-state index < -0.39 is 44.1 Å². The Morgan fingerprint density at radius 2 is 1.49 bits per heavy atom. The highest BCUT2D eigenvalue weighted by Gasteiger charge is 2.58. The number of amides is 2. The molecule has 43 heavy (non-hydrogen) atoms. The fourth-order valence-electron chi connectivity index (χ4n) is 4.50. The molecule has 2 amide bonds. The highest BCUT2D eigenvalue weighted by molar-refractivity contribution is 7.90. The lowest BCUT2D eigenvalue weighted by Crippen LogP contribution is -2.74. The smallest absolute Gasteiger partial charge is 0.355 e. The van der Waals surface area contributed by atoms with E-state index in [0.717, 1.165) is 4.90 Å². The van der Waals surface area contributed by atoms with Crippen molar-refractivity contribution >= 4 is 33.5 Å². The Kier molecular flexibility index (Phi) is 9.68. The van der Waals surface area contributed by atoms with Crippen LogP contribution in [0.3, 0.4) is 0 Å². The van der Waals surface area contributed by atoms with E-state index in [4.69, 9.17) is 4.74 Å². The Hall–Kier alpha value is -4.88. The van der Waals surface area contributed by atoms with E-state index in [2.05, 4.69) is 10.0 Å². The summed E-state index contributed by atoms with van der Waals surface area (Å²) in [5.74, 6) is -2.32. The van der Waals surface area contributed by atoms with Crippen molar-refractivity contribution in [2.45, 2.75) is 44.8 Å². The van der Waals surface area contributed by atoms with Crippen LogP contribution in [0.4, 0.5) is 5.69 Å². The number of esters is 1. The number of non-ortho nitro benzene ring substituents is 1. The lowest BCUT2D eigenvalue weighted by Gasteiger charge is -2.46. The molecule has 2 N–H and O–H groups in total. The number of nitro benzene ring substituents is 1. The summed E-state index contributed by atoms with van der Waals surface area (Å²) in [6, 6.07) is 21.4. The summed E-state index contributed by atoms with van der Waals surface area (Å²) in [5.41, 5.74) is 1.67. The molecule has 12 nitrogen and oxygen atoms in total. The van der Waals surface area contributed by atoms with Gasteiger partial charge in [-0.3, -0.25) is 24.6 Å². The van der Waals surface area contributed by atoms with E-state index in [1.807, 2.05) is 0 Å². The molecule has 224 valence electrons. The van der Waals surface area contributed by atoms with Gasteiger partial charge in [-0.15, -0.1) is 0 Å². The van der Waals surface area contributed by atoms with Crippen LogP contribution in [-0.4, -0.2) is 47.4 Å². The van der Waals surface area contributed by atoms with Crippen molar-refractivity contribution in [2.24, 2.45) is 0 Å². The van der Waals surface area contributed by atoms with Gasteiger partial charge < -0.3 is 10.1 Å². The first-order valence-electron chi connectivity index (χ1n) is 13.2. The molecule has 1 aliphatic rings. The van der Waals surface area contributed by atoms with Crippen LogP contribution in [0, 0.1) is 10.1 Å². The van der Waals surface area contributed by atoms with E-state index >= 15 is 0 Å². The molecule has 4 rings (SSSR count).